The maximum atomic E-state index is 6.46. The second kappa shape index (κ2) is 5.67. The van der Waals surface area contributed by atoms with Crippen molar-refractivity contribution in [2.24, 2.45) is 0 Å². The van der Waals surface area contributed by atoms with Gasteiger partial charge in [-0.2, -0.15) is 0 Å². The molecular formula is C20H14Cl2N2O. The van der Waals surface area contributed by atoms with E-state index in [4.69, 9.17) is 27.6 Å². The lowest BCUT2D eigenvalue weighted by Gasteiger charge is -2.15. The van der Waals surface area contributed by atoms with E-state index in [0.717, 1.165) is 33.5 Å². The van der Waals surface area contributed by atoms with Crippen molar-refractivity contribution >= 4 is 34.0 Å². The standard InChI is InChI=1S/C20H14Cl2N2O/c21-13-8-16(22)15-10-23-19(17-6-3-7-24(17)18(15)9-13)20-14-5-2-1-4-12(14)11-25-20/h1-9,11,19,23H,10H2. The first-order valence-electron chi connectivity index (χ1n) is 8.07. The molecule has 1 atom stereocenters. The number of aromatic nitrogens is 1. The van der Waals surface area contributed by atoms with Crippen molar-refractivity contribution in [3.8, 4) is 5.69 Å². The Balaban J connectivity index is 1.73. The molecule has 0 amide bonds. The fourth-order valence-corrected chi connectivity index (χ4v) is 4.15. The molecule has 0 radical (unpaired) electrons. The quantitative estimate of drug-likeness (QED) is 0.465. The van der Waals surface area contributed by atoms with Crippen molar-refractivity contribution in [1.82, 2.24) is 9.88 Å². The largest absolute Gasteiger partial charge is 0.466 e. The van der Waals surface area contributed by atoms with E-state index >= 15 is 0 Å². The summed E-state index contributed by atoms with van der Waals surface area (Å²) in [4.78, 5) is 0. The van der Waals surface area contributed by atoms with Crippen LogP contribution in [0.4, 0.5) is 0 Å². The van der Waals surface area contributed by atoms with E-state index in [1.807, 2.05) is 36.7 Å². The third kappa shape index (κ3) is 2.31. The van der Waals surface area contributed by atoms with Crippen LogP contribution < -0.4 is 5.32 Å². The summed E-state index contributed by atoms with van der Waals surface area (Å²) in [6, 6.07) is 16.0. The SMILES string of the molecule is Clc1cc(Cl)c2c(c1)-n1cccc1C(c1occ3ccccc13)NC2. The number of nitrogens with one attached hydrogen (secondary N) is 1. The molecule has 0 saturated heterocycles. The molecule has 3 nitrogen and oxygen atoms in total. The lowest BCUT2D eigenvalue weighted by atomic mass is 10.1. The zero-order chi connectivity index (χ0) is 17.0. The molecule has 124 valence electrons. The van der Waals surface area contributed by atoms with Gasteiger partial charge in [0.25, 0.3) is 0 Å². The van der Waals surface area contributed by atoms with Crippen LogP contribution in [0.5, 0.6) is 0 Å². The first-order valence-corrected chi connectivity index (χ1v) is 8.83. The molecule has 25 heavy (non-hydrogen) atoms. The molecule has 2 aromatic heterocycles. The Bertz CT molecular complexity index is 1100. The maximum absolute atomic E-state index is 6.46. The van der Waals surface area contributed by atoms with E-state index < -0.39 is 0 Å². The van der Waals surface area contributed by atoms with E-state index in [1.54, 1.807) is 6.07 Å². The van der Waals surface area contributed by atoms with Crippen LogP contribution in [0.3, 0.4) is 0 Å². The predicted octanol–water partition coefficient (Wildman–Crippen LogP) is 5.72. The molecule has 1 aliphatic rings. The minimum absolute atomic E-state index is 0.0721. The van der Waals surface area contributed by atoms with Gasteiger partial charge in [-0.15, -0.1) is 0 Å². The van der Waals surface area contributed by atoms with E-state index in [2.05, 4.69) is 28.1 Å². The smallest absolute Gasteiger partial charge is 0.134 e. The number of hydrogen-bond acceptors (Lipinski definition) is 2. The average molecular weight is 369 g/mol. The molecule has 3 heterocycles. The van der Waals surface area contributed by atoms with Crippen molar-refractivity contribution in [3.05, 3.63) is 88.1 Å². The van der Waals surface area contributed by atoms with Gasteiger partial charge in [0, 0.05) is 44.8 Å². The highest BCUT2D eigenvalue weighted by Gasteiger charge is 2.27. The first kappa shape index (κ1) is 15.1. The monoisotopic (exact) mass is 368 g/mol. The molecule has 1 unspecified atom stereocenters. The fourth-order valence-electron chi connectivity index (χ4n) is 3.60. The van der Waals surface area contributed by atoms with Crippen LogP contribution >= 0.6 is 23.2 Å². The molecule has 0 aliphatic carbocycles. The Morgan fingerprint density at radius 2 is 1.96 bits per heavy atom. The molecule has 5 rings (SSSR count). The summed E-state index contributed by atoms with van der Waals surface area (Å²) in [6.07, 6.45) is 3.84. The molecule has 1 aliphatic heterocycles. The topological polar surface area (TPSA) is 30.1 Å². The van der Waals surface area contributed by atoms with Crippen LogP contribution in [0.2, 0.25) is 10.0 Å². The van der Waals surface area contributed by atoms with Crippen LogP contribution in [-0.2, 0) is 6.54 Å². The Kier molecular flexibility index (Phi) is 3.42. The number of halogens is 2. The van der Waals surface area contributed by atoms with Crippen molar-refractivity contribution in [2.45, 2.75) is 12.6 Å². The summed E-state index contributed by atoms with van der Waals surface area (Å²) >= 11 is 12.7. The highest BCUT2D eigenvalue weighted by molar-refractivity contribution is 6.35. The number of fused-ring (bicyclic) bond motifs is 4. The maximum Gasteiger partial charge on any atom is 0.134 e. The van der Waals surface area contributed by atoms with Gasteiger partial charge in [-0.05, 0) is 24.3 Å². The van der Waals surface area contributed by atoms with Gasteiger partial charge < -0.3 is 8.98 Å². The average Bonchev–Trinajstić information content (AvgIpc) is 3.21. The van der Waals surface area contributed by atoms with Gasteiger partial charge in [-0.1, -0.05) is 47.5 Å². The highest BCUT2D eigenvalue weighted by atomic mass is 35.5. The van der Waals surface area contributed by atoms with Gasteiger partial charge in [-0.3, -0.25) is 5.32 Å². The van der Waals surface area contributed by atoms with Crippen molar-refractivity contribution < 1.29 is 4.42 Å². The summed E-state index contributed by atoms with van der Waals surface area (Å²) in [5, 5.41) is 7.10. The van der Waals surface area contributed by atoms with Crippen LogP contribution in [-0.4, -0.2) is 4.57 Å². The van der Waals surface area contributed by atoms with E-state index in [-0.39, 0.29) is 6.04 Å². The summed E-state index contributed by atoms with van der Waals surface area (Å²) in [5.74, 6) is 0.908. The van der Waals surface area contributed by atoms with Gasteiger partial charge in [0.1, 0.15) is 11.8 Å². The lowest BCUT2D eigenvalue weighted by Crippen LogP contribution is -2.21. The number of rotatable bonds is 1. The summed E-state index contributed by atoms with van der Waals surface area (Å²) in [6.45, 7) is 0.632. The summed E-state index contributed by atoms with van der Waals surface area (Å²) < 4.78 is 8.09. The third-order valence-electron chi connectivity index (χ3n) is 4.76. The Labute approximate surface area is 154 Å². The zero-order valence-corrected chi connectivity index (χ0v) is 14.7. The predicted molar refractivity (Wildman–Crippen MR) is 101 cm³/mol. The van der Waals surface area contributed by atoms with Crippen molar-refractivity contribution in [1.29, 1.82) is 0 Å². The highest BCUT2D eigenvalue weighted by Crippen LogP contribution is 2.37. The number of nitrogens with zero attached hydrogens (tertiary/aromatic N) is 1. The van der Waals surface area contributed by atoms with Gasteiger partial charge in [0.2, 0.25) is 0 Å². The number of benzene rings is 2. The molecule has 1 N–H and O–H groups in total. The normalized spacial score (nSPS) is 16.5. The molecule has 2 aromatic carbocycles. The lowest BCUT2D eigenvalue weighted by molar-refractivity contribution is 0.448. The molecule has 4 aromatic rings. The third-order valence-corrected chi connectivity index (χ3v) is 5.31. The number of hydrogen-bond donors (Lipinski definition) is 1. The molecule has 0 spiro atoms. The Hall–Kier alpha value is -2.20. The minimum Gasteiger partial charge on any atom is -0.466 e. The first-order chi connectivity index (χ1) is 12.2. The summed E-state index contributed by atoms with van der Waals surface area (Å²) in [7, 11) is 0. The van der Waals surface area contributed by atoms with Crippen LogP contribution in [0, 0.1) is 0 Å². The summed E-state index contributed by atoms with van der Waals surface area (Å²) in [5.41, 5.74) is 3.13. The van der Waals surface area contributed by atoms with Crippen LogP contribution in [0.1, 0.15) is 23.1 Å². The van der Waals surface area contributed by atoms with E-state index in [1.165, 1.54) is 0 Å². The fraction of sp³-hybridized carbons (Fsp3) is 0.100. The van der Waals surface area contributed by atoms with Crippen LogP contribution in [0.25, 0.3) is 16.5 Å². The van der Waals surface area contributed by atoms with Gasteiger partial charge >= 0.3 is 0 Å². The molecule has 0 saturated carbocycles. The van der Waals surface area contributed by atoms with Crippen molar-refractivity contribution in [2.75, 3.05) is 0 Å². The molecule has 0 bridgehead atoms. The minimum atomic E-state index is -0.0721. The van der Waals surface area contributed by atoms with Gasteiger partial charge in [-0.25, -0.2) is 0 Å². The van der Waals surface area contributed by atoms with Crippen molar-refractivity contribution in [3.63, 3.8) is 0 Å². The van der Waals surface area contributed by atoms with Crippen LogP contribution in [0.15, 0.2) is 65.4 Å². The molecular weight excluding hydrogens is 355 g/mol. The second-order valence-electron chi connectivity index (χ2n) is 6.19. The number of furan rings is 1. The van der Waals surface area contributed by atoms with E-state index in [0.29, 0.717) is 16.6 Å². The second-order valence-corrected chi connectivity index (χ2v) is 7.03. The van der Waals surface area contributed by atoms with E-state index in [9.17, 15) is 0 Å². The Morgan fingerprint density at radius 1 is 1.08 bits per heavy atom. The van der Waals surface area contributed by atoms with Gasteiger partial charge in [0.15, 0.2) is 0 Å². The Morgan fingerprint density at radius 3 is 2.88 bits per heavy atom. The van der Waals surface area contributed by atoms with Gasteiger partial charge in [0.05, 0.1) is 12.0 Å². The molecule has 0 fully saturated rings. The molecule has 5 heteroatoms. The zero-order valence-electron chi connectivity index (χ0n) is 13.2.